The van der Waals surface area contributed by atoms with Gasteiger partial charge in [0, 0.05) is 25.2 Å². The lowest BCUT2D eigenvalue weighted by Gasteiger charge is -2.21. The zero-order valence-electron chi connectivity index (χ0n) is 7.32. The van der Waals surface area contributed by atoms with Gasteiger partial charge in [0.05, 0.1) is 0 Å². The van der Waals surface area contributed by atoms with Gasteiger partial charge in [-0.25, -0.2) is 0 Å². The summed E-state index contributed by atoms with van der Waals surface area (Å²) in [5.41, 5.74) is 5.78. The number of nitrogens with one attached hydrogen (secondary N) is 1. The van der Waals surface area contributed by atoms with Crippen LogP contribution in [0.3, 0.4) is 0 Å². The highest BCUT2D eigenvalue weighted by Gasteiger charge is 2.24. The molecule has 0 aromatic carbocycles. The number of rotatable bonds is 1. The van der Waals surface area contributed by atoms with E-state index in [-0.39, 0.29) is 37.2 Å². The Balaban J connectivity index is -0.000000270. The first kappa shape index (κ1) is 18.5. The standard InChI is InChI=1S/C6H15N3.3ClH/c1-9(2)6-4-8-3-5(6)7;;;/h5-6,8H,3-4,7H2,1-2H3;3*1H. The molecule has 3 nitrogen and oxygen atoms in total. The van der Waals surface area contributed by atoms with Crippen molar-refractivity contribution in [2.45, 2.75) is 12.1 Å². The molecule has 2 unspecified atom stereocenters. The zero-order chi connectivity index (χ0) is 6.85. The first-order valence-corrected chi connectivity index (χ1v) is 3.34. The molecule has 0 bridgehead atoms. The zero-order valence-corrected chi connectivity index (χ0v) is 9.77. The normalized spacial score (nSPS) is 27.0. The predicted octanol–water partition coefficient (Wildman–Crippen LogP) is 0.113. The van der Waals surface area contributed by atoms with E-state index < -0.39 is 0 Å². The summed E-state index contributed by atoms with van der Waals surface area (Å²) in [4.78, 5) is 2.17. The Bertz CT molecular complexity index is 102. The van der Waals surface area contributed by atoms with E-state index in [1.807, 2.05) is 0 Å². The van der Waals surface area contributed by atoms with Gasteiger partial charge < -0.3 is 16.0 Å². The molecular formula is C6H18Cl3N3. The van der Waals surface area contributed by atoms with Gasteiger partial charge >= 0.3 is 0 Å². The number of likely N-dealkylation sites (N-methyl/N-ethyl adjacent to an activating group) is 1. The van der Waals surface area contributed by atoms with Gasteiger partial charge in [0.2, 0.25) is 0 Å². The van der Waals surface area contributed by atoms with Crippen molar-refractivity contribution in [3.63, 3.8) is 0 Å². The van der Waals surface area contributed by atoms with Gasteiger partial charge in [-0.2, -0.15) is 0 Å². The van der Waals surface area contributed by atoms with Crippen LogP contribution in [0.5, 0.6) is 0 Å². The van der Waals surface area contributed by atoms with E-state index in [9.17, 15) is 0 Å². The van der Waals surface area contributed by atoms with Crippen LogP contribution in [0.1, 0.15) is 0 Å². The Morgan fingerprint density at radius 2 is 1.67 bits per heavy atom. The minimum absolute atomic E-state index is 0. The summed E-state index contributed by atoms with van der Waals surface area (Å²) in [6, 6.07) is 0.852. The maximum absolute atomic E-state index is 5.78. The van der Waals surface area contributed by atoms with Crippen molar-refractivity contribution in [2.24, 2.45) is 5.73 Å². The van der Waals surface area contributed by atoms with Crippen LogP contribution in [0.4, 0.5) is 0 Å². The van der Waals surface area contributed by atoms with Crippen molar-refractivity contribution in [2.75, 3.05) is 27.2 Å². The lowest BCUT2D eigenvalue weighted by Crippen LogP contribution is -2.43. The lowest BCUT2D eigenvalue weighted by molar-refractivity contribution is 0.292. The Labute approximate surface area is 92.7 Å². The third kappa shape index (κ3) is 4.70. The Hall–Kier alpha value is 0.750. The smallest absolute Gasteiger partial charge is 0.0378 e. The van der Waals surface area contributed by atoms with Gasteiger partial charge in [0.25, 0.3) is 0 Å². The number of nitrogens with zero attached hydrogens (tertiary/aromatic N) is 1. The van der Waals surface area contributed by atoms with E-state index in [1.54, 1.807) is 0 Å². The Morgan fingerprint density at radius 3 is 1.83 bits per heavy atom. The summed E-state index contributed by atoms with van der Waals surface area (Å²) in [7, 11) is 4.13. The molecule has 1 fully saturated rings. The summed E-state index contributed by atoms with van der Waals surface area (Å²) in [5, 5.41) is 3.24. The Morgan fingerprint density at radius 1 is 1.17 bits per heavy atom. The second-order valence-electron chi connectivity index (χ2n) is 2.85. The molecule has 3 N–H and O–H groups in total. The molecule has 0 amide bonds. The number of halogens is 3. The highest BCUT2D eigenvalue weighted by molar-refractivity contribution is 5.86. The topological polar surface area (TPSA) is 41.3 Å². The summed E-state index contributed by atoms with van der Waals surface area (Å²) in [6.45, 7) is 2.00. The van der Waals surface area contributed by atoms with Crippen LogP contribution >= 0.6 is 37.2 Å². The highest BCUT2D eigenvalue weighted by atomic mass is 35.5. The van der Waals surface area contributed by atoms with Crippen LogP contribution in [-0.2, 0) is 0 Å². The number of nitrogens with two attached hydrogens (primary N) is 1. The minimum atomic E-state index is 0. The van der Waals surface area contributed by atoms with Crippen molar-refractivity contribution in [1.82, 2.24) is 10.2 Å². The van der Waals surface area contributed by atoms with Crippen molar-refractivity contribution >= 4 is 37.2 Å². The van der Waals surface area contributed by atoms with Crippen molar-refractivity contribution in [3.05, 3.63) is 0 Å². The van der Waals surface area contributed by atoms with Crippen LogP contribution in [0.25, 0.3) is 0 Å². The van der Waals surface area contributed by atoms with E-state index in [0.717, 1.165) is 13.1 Å². The molecular weight excluding hydrogens is 220 g/mol. The summed E-state index contributed by atoms with van der Waals surface area (Å²) in [5.74, 6) is 0. The van der Waals surface area contributed by atoms with E-state index >= 15 is 0 Å². The molecule has 1 aliphatic rings. The quantitative estimate of drug-likeness (QED) is 0.682. The average molecular weight is 239 g/mol. The third-order valence-electron chi connectivity index (χ3n) is 1.89. The van der Waals surface area contributed by atoms with E-state index in [4.69, 9.17) is 5.73 Å². The fraction of sp³-hybridized carbons (Fsp3) is 1.00. The monoisotopic (exact) mass is 237 g/mol. The molecule has 0 spiro atoms. The fourth-order valence-corrected chi connectivity index (χ4v) is 1.25. The second kappa shape index (κ2) is 8.35. The molecule has 1 saturated heterocycles. The van der Waals surface area contributed by atoms with E-state index in [0.29, 0.717) is 12.1 Å². The van der Waals surface area contributed by atoms with Crippen LogP contribution in [0.2, 0.25) is 0 Å². The lowest BCUT2D eigenvalue weighted by atomic mass is 10.2. The third-order valence-corrected chi connectivity index (χ3v) is 1.89. The Kier molecular flexibility index (Phi) is 12.9. The molecule has 0 aromatic rings. The largest absolute Gasteiger partial charge is 0.325 e. The van der Waals surface area contributed by atoms with Gasteiger partial charge in [-0.15, -0.1) is 37.2 Å². The van der Waals surface area contributed by atoms with Gasteiger partial charge in [-0.05, 0) is 14.1 Å². The molecule has 0 aromatic heterocycles. The summed E-state index contributed by atoms with van der Waals surface area (Å²) < 4.78 is 0. The van der Waals surface area contributed by atoms with E-state index in [1.165, 1.54) is 0 Å². The SMILES string of the molecule is CN(C)C1CNCC1N.Cl.Cl.Cl. The van der Waals surface area contributed by atoms with Crippen LogP contribution in [-0.4, -0.2) is 44.2 Å². The van der Waals surface area contributed by atoms with Crippen molar-refractivity contribution < 1.29 is 0 Å². The van der Waals surface area contributed by atoms with Crippen LogP contribution in [0.15, 0.2) is 0 Å². The second-order valence-corrected chi connectivity index (χ2v) is 2.85. The molecule has 1 aliphatic heterocycles. The molecule has 2 atom stereocenters. The maximum Gasteiger partial charge on any atom is 0.0378 e. The molecule has 78 valence electrons. The maximum atomic E-state index is 5.78. The van der Waals surface area contributed by atoms with Crippen molar-refractivity contribution in [3.8, 4) is 0 Å². The van der Waals surface area contributed by atoms with Gasteiger partial charge in [-0.1, -0.05) is 0 Å². The molecule has 6 heteroatoms. The molecule has 12 heavy (non-hydrogen) atoms. The van der Waals surface area contributed by atoms with Crippen LogP contribution in [0, 0.1) is 0 Å². The average Bonchev–Trinajstić information content (AvgIpc) is 2.13. The first-order valence-electron chi connectivity index (χ1n) is 3.34. The molecule has 1 rings (SSSR count). The van der Waals surface area contributed by atoms with Gasteiger partial charge in [0.1, 0.15) is 0 Å². The minimum Gasteiger partial charge on any atom is -0.325 e. The molecule has 0 saturated carbocycles. The number of hydrogen-bond donors (Lipinski definition) is 2. The predicted molar refractivity (Wildman–Crippen MR) is 60.1 cm³/mol. The van der Waals surface area contributed by atoms with E-state index in [2.05, 4.69) is 24.3 Å². The highest BCUT2D eigenvalue weighted by Crippen LogP contribution is 2.01. The summed E-state index contributed by atoms with van der Waals surface area (Å²) >= 11 is 0. The molecule has 0 aliphatic carbocycles. The molecule has 0 radical (unpaired) electrons. The summed E-state index contributed by atoms with van der Waals surface area (Å²) in [6.07, 6.45) is 0. The van der Waals surface area contributed by atoms with Gasteiger partial charge in [-0.3, -0.25) is 0 Å². The van der Waals surface area contributed by atoms with Gasteiger partial charge in [0.15, 0.2) is 0 Å². The first-order chi connectivity index (χ1) is 4.22. The van der Waals surface area contributed by atoms with Crippen molar-refractivity contribution in [1.29, 1.82) is 0 Å². The fourth-order valence-electron chi connectivity index (χ4n) is 1.25. The number of hydrogen-bond acceptors (Lipinski definition) is 3. The van der Waals surface area contributed by atoms with Crippen LogP contribution < -0.4 is 11.1 Å². The molecule has 1 heterocycles.